The van der Waals surface area contributed by atoms with Crippen LogP contribution in [0.2, 0.25) is 0 Å². The van der Waals surface area contributed by atoms with Crippen molar-refractivity contribution in [1.29, 1.82) is 0 Å². The number of ether oxygens (including phenoxy) is 3. The highest BCUT2D eigenvalue weighted by Gasteiger charge is 2.38. The van der Waals surface area contributed by atoms with Gasteiger partial charge in [-0.3, -0.25) is 24.6 Å². The molecular weight excluding hydrogens is 392 g/mol. The van der Waals surface area contributed by atoms with Gasteiger partial charge in [0.05, 0.1) is 43.0 Å². The van der Waals surface area contributed by atoms with Crippen molar-refractivity contribution in [2.45, 2.75) is 20.0 Å². The fraction of sp³-hybridized carbons (Fsp3) is 0.333. The van der Waals surface area contributed by atoms with Crippen molar-refractivity contribution < 1.29 is 28.7 Å². The molecule has 158 valence electrons. The number of carbonyl (C=O) groups is 2. The molecule has 1 amide bonds. The topological polar surface area (TPSA) is 108 Å². The summed E-state index contributed by atoms with van der Waals surface area (Å²) in [6, 6.07) is 8.75. The monoisotopic (exact) mass is 414 g/mol. The van der Waals surface area contributed by atoms with Gasteiger partial charge in [-0.25, -0.2) is 0 Å². The zero-order valence-electron chi connectivity index (χ0n) is 17.1. The zero-order chi connectivity index (χ0) is 22.0. The van der Waals surface area contributed by atoms with Crippen molar-refractivity contribution in [1.82, 2.24) is 0 Å². The van der Waals surface area contributed by atoms with Gasteiger partial charge in [0, 0.05) is 12.1 Å². The smallest absolute Gasteiger partial charge is 0.273 e. The summed E-state index contributed by atoms with van der Waals surface area (Å²) < 4.78 is 16.2. The first-order valence-electron chi connectivity index (χ1n) is 9.28. The lowest BCUT2D eigenvalue weighted by Gasteiger charge is -2.35. The molecule has 0 saturated heterocycles. The predicted molar refractivity (Wildman–Crippen MR) is 109 cm³/mol. The van der Waals surface area contributed by atoms with E-state index in [0.29, 0.717) is 22.7 Å². The summed E-state index contributed by atoms with van der Waals surface area (Å²) in [7, 11) is 2.94. The molecule has 0 aliphatic carbocycles. The van der Waals surface area contributed by atoms with Gasteiger partial charge in [-0.05, 0) is 24.1 Å². The van der Waals surface area contributed by atoms with Gasteiger partial charge in [-0.1, -0.05) is 13.8 Å². The number of benzene rings is 2. The van der Waals surface area contributed by atoms with E-state index < -0.39 is 11.0 Å². The van der Waals surface area contributed by atoms with Gasteiger partial charge in [0.2, 0.25) is 0 Å². The first-order chi connectivity index (χ1) is 14.3. The summed E-state index contributed by atoms with van der Waals surface area (Å²) in [6.45, 7) is 3.34. The Morgan fingerprint density at radius 2 is 1.93 bits per heavy atom. The van der Waals surface area contributed by atoms with Gasteiger partial charge in [0.25, 0.3) is 11.6 Å². The number of non-ortho nitro benzene ring substituents is 1. The lowest BCUT2D eigenvalue weighted by molar-refractivity contribution is -0.384. The van der Waals surface area contributed by atoms with E-state index in [2.05, 4.69) is 0 Å². The molecule has 2 aromatic carbocycles. The normalized spacial score (nSPS) is 15.4. The van der Waals surface area contributed by atoms with Crippen molar-refractivity contribution in [2.75, 3.05) is 25.7 Å². The van der Waals surface area contributed by atoms with Crippen LogP contribution in [-0.4, -0.2) is 43.5 Å². The SMILES string of the molecule is COc1ccc(C(=O)CN2C(=O)C(C(C)C)Oc3cc([N+](=O)[O-])ccc32)c(OC)c1. The summed E-state index contributed by atoms with van der Waals surface area (Å²) >= 11 is 0. The highest BCUT2D eigenvalue weighted by molar-refractivity contribution is 6.09. The van der Waals surface area contributed by atoms with E-state index in [1.165, 1.54) is 37.3 Å². The molecule has 1 aliphatic heterocycles. The number of anilines is 1. The van der Waals surface area contributed by atoms with Crippen molar-refractivity contribution in [3.05, 3.63) is 52.1 Å². The number of amides is 1. The van der Waals surface area contributed by atoms with Gasteiger partial charge in [0.15, 0.2) is 17.6 Å². The van der Waals surface area contributed by atoms with Crippen LogP contribution in [-0.2, 0) is 4.79 Å². The van der Waals surface area contributed by atoms with Gasteiger partial charge in [-0.2, -0.15) is 0 Å². The Bertz CT molecular complexity index is 1000. The molecule has 0 fully saturated rings. The van der Waals surface area contributed by atoms with Crippen LogP contribution in [0, 0.1) is 16.0 Å². The van der Waals surface area contributed by atoms with Gasteiger partial charge in [0.1, 0.15) is 11.5 Å². The average molecular weight is 414 g/mol. The molecule has 1 unspecified atom stereocenters. The molecule has 0 saturated carbocycles. The molecule has 30 heavy (non-hydrogen) atoms. The second-order valence-electron chi connectivity index (χ2n) is 7.11. The summed E-state index contributed by atoms with van der Waals surface area (Å²) in [5.74, 6) is 0.117. The highest BCUT2D eigenvalue weighted by Crippen LogP contribution is 2.38. The minimum Gasteiger partial charge on any atom is -0.497 e. The van der Waals surface area contributed by atoms with Crippen LogP contribution in [0.1, 0.15) is 24.2 Å². The van der Waals surface area contributed by atoms with Crippen LogP contribution in [0.3, 0.4) is 0 Å². The number of nitro benzene ring substituents is 1. The van der Waals surface area contributed by atoms with Crippen molar-refractivity contribution >= 4 is 23.1 Å². The predicted octanol–water partition coefficient (Wildman–Crippen LogP) is 3.24. The van der Waals surface area contributed by atoms with Gasteiger partial charge >= 0.3 is 0 Å². The maximum atomic E-state index is 13.0. The van der Waals surface area contributed by atoms with Crippen LogP contribution >= 0.6 is 0 Å². The molecule has 0 aromatic heterocycles. The number of ketones is 1. The third kappa shape index (κ3) is 3.91. The number of nitrogens with zero attached hydrogens (tertiary/aromatic N) is 2. The number of Topliss-reactive ketones (excluding diaryl/α,β-unsaturated/α-hetero) is 1. The van der Waals surface area contributed by atoms with E-state index in [4.69, 9.17) is 14.2 Å². The molecule has 1 aliphatic rings. The fourth-order valence-corrected chi connectivity index (χ4v) is 3.24. The molecule has 9 heteroatoms. The maximum absolute atomic E-state index is 13.0. The summed E-state index contributed by atoms with van der Waals surface area (Å²) in [5, 5.41) is 11.1. The quantitative estimate of drug-likeness (QED) is 0.389. The number of hydrogen-bond acceptors (Lipinski definition) is 7. The lowest BCUT2D eigenvalue weighted by Crippen LogP contribution is -2.50. The zero-order valence-corrected chi connectivity index (χ0v) is 17.1. The number of carbonyl (C=O) groups excluding carboxylic acids is 2. The van der Waals surface area contributed by atoms with E-state index in [1.807, 2.05) is 0 Å². The van der Waals surface area contributed by atoms with Gasteiger partial charge in [-0.15, -0.1) is 0 Å². The summed E-state index contributed by atoms with van der Waals surface area (Å²) in [4.78, 5) is 38.0. The number of rotatable bonds is 7. The largest absolute Gasteiger partial charge is 0.497 e. The molecule has 2 aromatic rings. The average Bonchev–Trinajstić information content (AvgIpc) is 2.74. The van der Waals surface area contributed by atoms with E-state index in [1.54, 1.807) is 32.0 Å². The van der Waals surface area contributed by atoms with Crippen LogP contribution in [0.4, 0.5) is 11.4 Å². The van der Waals surface area contributed by atoms with Crippen LogP contribution in [0.5, 0.6) is 17.2 Å². The summed E-state index contributed by atoms with van der Waals surface area (Å²) in [5.41, 5.74) is 0.444. The first-order valence-corrected chi connectivity index (χ1v) is 9.28. The number of fused-ring (bicyclic) bond motifs is 1. The number of methoxy groups -OCH3 is 2. The van der Waals surface area contributed by atoms with E-state index in [-0.39, 0.29) is 35.6 Å². The van der Waals surface area contributed by atoms with Crippen LogP contribution in [0.25, 0.3) is 0 Å². The Balaban J connectivity index is 1.99. The Morgan fingerprint density at radius 3 is 2.53 bits per heavy atom. The molecular formula is C21H22N2O7. The first kappa shape index (κ1) is 21.1. The third-order valence-electron chi connectivity index (χ3n) is 4.82. The second kappa shape index (κ2) is 8.40. The Labute approximate surface area is 173 Å². The molecule has 0 radical (unpaired) electrons. The van der Waals surface area contributed by atoms with Crippen LogP contribution in [0.15, 0.2) is 36.4 Å². The minimum atomic E-state index is -0.856. The van der Waals surface area contributed by atoms with Crippen molar-refractivity contribution in [2.24, 2.45) is 5.92 Å². The standard InChI is InChI=1S/C21H22N2O7/c1-12(2)20-21(25)22(16-8-5-13(23(26)27)9-19(16)30-20)11-17(24)15-7-6-14(28-3)10-18(15)29-4/h5-10,12,20H,11H2,1-4H3. The Hall–Kier alpha value is -3.62. The molecule has 1 atom stereocenters. The molecule has 9 nitrogen and oxygen atoms in total. The Morgan fingerprint density at radius 1 is 1.20 bits per heavy atom. The minimum absolute atomic E-state index is 0.159. The van der Waals surface area contributed by atoms with Crippen molar-refractivity contribution in [3.63, 3.8) is 0 Å². The summed E-state index contributed by atoms with van der Waals surface area (Å²) in [6.07, 6.45) is -0.856. The number of nitro groups is 1. The molecule has 0 bridgehead atoms. The third-order valence-corrected chi connectivity index (χ3v) is 4.82. The van der Waals surface area contributed by atoms with E-state index >= 15 is 0 Å². The molecule has 3 rings (SSSR count). The molecule has 0 N–H and O–H groups in total. The second-order valence-corrected chi connectivity index (χ2v) is 7.11. The van der Waals surface area contributed by atoms with Crippen LogP contribution < -0.4 is 19.1 Å². The fourth-order valence-electron chi connectivity index (χ4n) is 3.24. The highest BCUT2D eigenvalue weighted by atomic mass is 16.6. The molecule has 0 spiro atoms. The number of hydrogen-bond donors (Lipinski definition) is 0. The lowest BCUT2D eigenvalue weighted by atomic mass is 10.0. The van der Waals surface area contributed by atoms with E-state index in [9.17, 15) is 19.7 Å². The maximum Gasteiger partial charge on any atom is 0.273 e. The van der Waals surface area contributed by atoms with E-state index in [0.717, 1.165) is 0 Å². The Kier molecular flexibility index (Phi) is 5.91. The molecule has 1 heterocycles. The van der Waals surface area contributed by atoms with Crippen molar-refractivity contribution in [3.8, 4) is 17.2 Å². The van der Waals surface area contributed by atoms with Gasteiger partial charge < -0.3 is 14.2 Å².